The molecule has 2 aromatic rings. The summed E-state index contributed by atoms with van der Waals surface area (Å²) in [5.41, 5.74) is 2.54. The first-order valence-corrected chi connectivity index (χ1v) is 10.5. The van der Waals surface area contributed by atoms with Crippen LogP contribution in [0.1, 0.15) is 49.1 Å². The highest BCUT2D eigenvalue weighted by molar-refractivity contribution is 9.10. The number of carbonyl (C=O) groups is 1. The predicted molar refractivity (Wildman–Crippen MR) is 108 cm³/mol. The molecule has 0 saturated carbocycles. The molecule has 2 aliphatic rings. The molecule has 1 N–H and O–H groups in total. The first-order chi connectivity index (χ1) is 13.9. The summed E-state index contributed by atoms with van der Waals surface area (Å²) < 4.78 is 34.5. The molecule has 1 fully saturated rings. The fourth-order valence-corrected chi connectivity index (χ4v) is 4.39. The number of nitrogens with one attached hydrogen (secondary N) is 1. The number of carbonyl (C=O) groups excluding carboxylic acids is 1. The van der Waals surface area contributed by atoms with E-state index in [0.29, 0.717) is 42.3 Å². The van der Waals surface area contributed by atoms with Gasteiger partial charge in [0.25, 0.3) is 6.43 Å². The van der Waals surface area contributed by atoms with Gasteiger partial charge in [-0.2, -0.15) is 5.10 Å². The van der Waals surface area contributed by atoms with Crippen LogP contribution < -0.4 is 5.32 Å². The Bertz CT molecular complexity index is 912. The molecule has 4 rings (SSSR count). The Kier molecular flexibility index (Phi) is 5.87. The van der Waals surface area contributed by atoms with E-state index in [9.17, 15) is 13.6 Å². The van der Waals surface area contributed by atoms with Crippen LogP contribution in [0.25, 0.3) is 0 Å². The molecule has 0 aliphatic carbocycles. The molecule has 1 amide bonds. The Hall–Kier alpha value is -2.00. The van der Waals surface area contributed by atoms with Crippen molar-refractivity contribution in [3.05, 3.63) is 39.5 Å². The second-order valence-electron chi connectivity index (χ2n) is 7.41. The fraction of sp³-hybridized carbons (Fsp3) is 0.500. The van der Waals surface area contributed by atoms with E-state index in [0.717, 1.165) is 30.5 Å². The normalized spacial score (nSPS) is 17.5. The SMILES string of the molecule is CC(=O)N1CCc2c(c(Nc3ccc(Br)c(C(F)F)c3)nn2C2CCOCC2)C1. The number of halogens is 3. The summed E-state index contributed by atoms with van der Waals surface area (Å²) in [5, 5.41) is 8.03. The van der Waals surface area contributed by atoms with Crippen molar-refractivity contribution in [2.75, 3.05) is 25.1 Å². The Morgan fingerprint density at radius 1 is 1.34 bits per heavy atom. The third-order valence-electron chi connectivity index (χ3n) is 5.56. The lowest BCUT2D eigenvalue weighted by Gasteiger charge is -2.29. The van der Waals surface area contributed by atoms with Gasteiger partial charge in [-0.1, -0.05) is 15.9 Å². The Morgan fingerprint density at radius 2 is 2.10 bits per heavy atom. The number of aromatic nitrogens is 2. The second-order valence-corrected chi connectivity index (χ2v) is 8.27. The van der Waals surface area contributed by atoms with Crippen molar-refractivity contribution in [1.29, 1.82) is 0 Å². The van der Waals surface area contributed by atoms with Gasteiger partial charge in [-0.05, 0) is 31.0 Å². The van der Waals surface area contributed by atoms with E-state index in [-0.39, 0.29) is 17.5 Å². The standard InChI is InChI=1S/C20H23BrF2N4O2/c1-12(28)26-7-4-18-16(11-26)20(25-27(18)14-5-8-29-9-6-14)24-13-2-3-17(21)15(10-13)19(22)23/h2-3,10,14,19H,4-9,11H2,1H3,(H,24,25). The van der Waals surface area contributed by atoms with Gasteiger partial charge < -0.3 is 15.0 Å². The lowest BCUT2D eigenvalue weighted by molar-refractivity contribution is -0.129. The van der Waals surface area contributed by atoms with E-state index < -0.39 is 6.43 Å². The lowest BCUT2D eigenvalue weighted by atomic mass is 10.0. The number of benzene rings is 1. The van der Waals surface area contributed by atoms with Crippen molar-refractivity contribution in [2.45, 2.75) is 45.2 Å². The maximum absolute atomic E-state index is 13.3. The molecule has 6 nitrogen and oxygen atoms in total. The van der Waals surface area contributed by atoms with Crippen LogP contribution >= 0.6 is 15.9 Å². The van der Waals surface area contributed by atoms with Crippen LogP contribution in [0, 0.1) is 0 Å². The largest absolute Gasteiger partial charge is 0.381 e. The molecule has 0 spiro atoms. The highest BCUT2D eigenvalue weighted by atomic mass is 79.9. The zero-order valence-corrected chi connectivity index (χ0v) is 17.7. The molecular weight excluding hydrogens is 446 g/mol. The van der Waals surface area contributed by atoms with Crippen molar-refractivity contribution >= 4 is 33.3 Å². The zero-order chi connectivity index (χ0) is 20.5. The van der Waals surface area contributed by atoms with E-state index in [1.807, 2.05) is 0 Å². The molecule has 156 valence electrons. The number of alkyl halides is 2. The monoisotopic (exact) mass is 468 g/mol. The summed E-state index contributed by atoms with van der Waals surface area (Å²) in [6.45, 7) is 4.09. The highest BCUT2D eigenvalue weighted by Gasteiger charge is 2.30. The van der Waals surface area contributed by atoms with Crippen LogP contribution in [0.3, 0.4) is 0 Å². The smallest absolute Gasteiger partial charge is 0.265 e. The van der Waals surface area contributed by atoms with Crippen LogP contribution in [0.2, 0.25) is 0 Å². The van der Waals surface area contributed by atoms with Gasteiger partial charge in [0.1, 0.15) is 0 Å². The summed E-state index contributed by atoms with van der Waals surface area (Å²) in [5.74, 6) is 0.643. The quantitative estimate of drug-likeness (QED) is 0.712. The van der Waals surface area contributed by atoms with E-state index in [4.69, 9.17) is 9.84 Å². The Morgan fingerprint density at radius 3 is 2.79 bits per heavy atom. The second kappa shape index (κ2) is 8.39. The van der Waals surface area contributed by atoms with Gasteiger partial charge in [0.05, 0.1) is 12.6 Å². The van der Waals surface area contributed by atoms with Crippen LogP contribution in [0.5, 0.6) is 0 Å². The Balaban J connectivity index is 1.70. The van der Waals surface area contributed by atoms with E-state index in [2.05, 4.69) is 25.9 Å². The molecule has 0 atom stereocenters. The number of ether oxygens (including phenoxy) is 1. The molecule has 1 aromatic carbocycles. The molecule has 2 aliphatic heterocycles. The average Bonchev–Trinajstić information content (AvgIpc) is 3.07. The van der Waals surface area contributed by atoms with Gasteiger partial charge in [-0.3, -0.25) is 9.48 Å². The highest BCUT2D eigenvalue weighted by Crippen LogP contribution is 2.35. The maximum Gasteiger partial charge on any atom is 0.265 e. The van der Waals surface area contributed by atoms with E-state index in [1.54, 1.807) is 24.0 Å². The molecule has 3 heterocycles. The Labute approximate surface area is 176 Å². The minimum atomic E-state index is -2.58. The maximum atomic E-state index is 13.3. The molecule has 1 saturated heterocycles. The summed E-state index contributed by atoms with van der Waals surface area (Å²) in [4.78, 5) is 13.7. The summed E-state index contributed by atoms with van der Waals surface area (Å²) in [6.07, 6.45) is -0.0767. The van der Waals surface area contributed by atoms with Crippen LogP contribution in [0.4, 0.5) is 20.3 Å². The fourth-order valence-electron chi connectivity index (χ4n) is 3.97. The molecular formula is C20H23BrF2N4O2. The molecule has 29 heavy (non-hydrogen) atoms. The van der Waals surface area contributed by atoms with Crippen LogP contribution in [-0.2, 0) is 22.5 Å². The van der Waals surface area contributed by atoms with Crippen LogP contribution in [0.15, 0.2) is 22.7 Å². The molecule has 0 radical (unpaired) electrons. The van der Waals surface area contributed by atoms with Gasteiger partial charge in [0.15, 0.2) is 5.82 Å². The number of hydrogen-bond donors (Lipinski definition) is 1. The third-order valence-corrected chi connectivity index (χ3v) is 6.28. The number of fused-ring (bicyclic) bond motifs is 1. The molecule has 0 unspecified atom stereocenters. The summed E-state index contributed by atoms with van der Waals surface area (Å²) in [7, 11) is 0. The van der Waals surface area contributed by atoms with Gasteiger partial charge >= 0.3 is 0 Å². The van der Waals surface area contributed by atoms with Crippen molar-refractivity contribution in [2.24, 2.45) is 0 Å². The number of anilines is 2. The molecule has 0 bridgehead atoms. The first kappa shape index (κ1) is 20.3. The summed E-state index contributed by atoms with van der Waals surface area (Å²) >= 11 is 3.17. The lowest BCUT2D eigenvalue weighted by Crippen LogP contribution is -2.35. The third kappa shape index (κ3) is 4.16. The number of hydrogen-bond acceptors (Lipinski definition) is 4. The number of nitrogens with zero attached hydrogens (tertiary/aromatic N) is 3. The summed E-state index contributed by atoms with van der Waals surface area (Å²) in [6, 6.07) is 5.02. The minimum absolute atomic E-state index is 0.0176. The van der Waals surface area contributed by atoms with Crippen LogP contribution in [-0.4, -0.2) is 40.3 Å². The van der Waals surface area contributed by atoms with Gasteiger partial charge in [0.2, 0.25) is 5.91 Å². The molecule has 9 heteroatoms. The van der Waals surface area contributed by atoms with E-state index in [1.165, 1.54) is 6.07 Å². The number of rotatable bonds is 4. The average molecular weight is 469 g/mol. The van der Waals surface area contributed by atoms with Crippen molar-refractivity contribution in [1.82, 2.24) is 14.7 Å². The van der Waals surface area contributed by atoms with E-state index >= 15 is 0 Å². The van der Waals surface area contributed by atoms with Crippen molar-refractivity contribution < 1.29 is 18.3 Å². The number of amides is 1. The zero-order valence-electron chi connectivity index (χ0n) is 16.1. The van der Waals surface area contributed by atoms with Gasteiger partial charge in [0, 0.05) is 60.1 Å². The first-order valence-electron chi connectivity index (χ1n) is 9.72. The molecule has 1 aromatic heterocycles. The topological polar surface area (TPSA) is 59.4 Å². The minimum Gasteiger partial charge on any atom is -0.381 e. The van der Waals surface area contributed by atoms with Crippen molar-refractivity contribution in [3.8, 4) is 0 Å². The van der Waals surface area contributed by atoms with Gasteiger partial charge in [-0.15, -0.1) is 0 Å². The van der Waals surface area contributed by atoms with Crippen molar-refractivity contribution in [3.63, 3.8) is 0 Å². The van der Waals surface area contributed by atoms with Gasteiger partial charge in [-0.25, -0.2) is 8.78 Å². The predicted octanol–water partition coefficient (Wildman–Crippen LogP) is 4.58.